The molecular formula is C19H18ClNO2S. The van der Waals surface area contributed by atoms with Gasteiger partial charge in [-0.1, -0.05) is 41.9 Å². The van der Waals surface area contributed by atoms with E-state index in [4.69, 9.17) is 16.3 Å². The van der Waals surface area contributed by atoms with Crippen LogP contribution in [0.15, 0.2) is 59.6 Å². The number of ether oxygens (including phenoxy) is 1. The van der Waals surface area contributed by atoms with Crippen LogP contribution in [0.5, 0.6) is 0 Å². The van der Waals surface area contributed by atoms with Crippen LogP contribution in [0.25, 0.3) is 10.9 Å². The number of hydrogen-bond donors (Lipinski definition) is 0. The molecule has 0 radical (unpaired) electrons. The Morgan fingerprint density at radius 1 is 1.21 bits per heavy atom. The second kappa shape index (κ2) is 7.32. The molecule has 0 bridgehead atoms. The van der Waals surface area contributed by atoms with Gasteiger partial charge in [0.25, 0.3) is 0 Å². The van der Waals surface area contributed by atoms with Gasteiger partial charge in [0.05, 0.1) is 7.11 Å². The Morgan fingerprint density at radius 3 is 2.62 bits per heavy atom. The van der Waals surface area contributed by atoms with Crippen molar-refractivity contribution in [1.82, 2.24) is 4.57 Å². The summed E-state index contributed by atoms with van der Waals surface area (Å²) >= 11 is 7.48. The minimum atomic E-state index is -0.246. The maximum atomic E-state index is 11.7. The van der Waals surface area contributed by atoms with Crippen molar-refractivity contribution in [2.75, 3.05) is 7.11 Å². The number of para-hydroxylation sites is 1. The fraction of sp³-hybridized carbons (Fsp3) is 0.211. The lowest BCUT2D eigenvalue weighted by atomic mass is 10.2. The molecule has 1 aromatic heterocycles. The Bertz CT molecular complexity index is 857. The predicted octanol–water partition coefficient (Wildman–Crippen LogP) is 5.00. The molecule has 0 N–H and O–H groups in total. The van der Waals surface area contributed by atoms with E-state index in [0.717, 1.165) is 27.4 Å². The van der Waals surface area contributed by atoms with Crippen LogP contribution in [0.1, 0.15) is 12.5 Å². The number of esters is 1. The van der Waals surface area contributed by atoms with Gasteiger partial charge < -0.3 is 9.30 Å². The highest BCUT2D eigenvalue weighted by Gasteiger charge is 2.18. The van der Waals surface area contributed by atoms with Crippen molar-refractivity contribution in [2.24, 2.45) is 0 Å². The van der Waals surface area contributed by atoms with Crippen LogP contribution in [0.4, 0.5) is 0 Å². The molecule has 0 saturated carbocycles. The lowest BCUT2D eigenvalue weighted by Crippen LogP contribution is -2.14. The first-order valence-corrected chi connectivity index (χ1v) is 8.91. The number of methoxy groups -OCH3 is 1. The molecule has 1 atom stereocenters. The number of benzene rings is 2. The SMILES string of the molecule is COC(=O)C(C)Sc1cn(Cc2ccc(Cl)cc2)c2ccccc12. The zero-order valence-electron chi connectivity index (χ0n) is 13.5. The van der Waals surface area contributed by atoms with Crippen LogP contribution in [-0.2, 0) is 16.1 Å². The maximum Gasteiger partial charge on any atom is 0.318 e. The second-order valence-corrected chi connectivity index (χ2v) is 7.37. The molecule has 1 heterocycles. The molecule has 0 aliphatic heterocycles. The number of nitrogens with zero attached hydrogens (tertiary/aromatic N) is 1. The van der Waals surface area contributed by atoms with E-state index in [1.807, 2.05) is 43.3 Å². The molecule has 0 fully saturated rings. The number of rotatable bonds is 5. The Hall–Kier alpha value is -1.91. The molecule has 3 aromatic rings. The van der Waals surface area contributed by atoms with Crippen molar-refractivity contribution in [3.8, 4) is 0 Å². The van der Waals surface area contributed by atoms with Crippen molar-refractivity contribution in [1.29, 1.82) is 0 Å². The van der Waals surface area contributed by atoms with Gasteiger partial charge in [-0.3, -0.25) is 4.79 Å². The lowest BCUT2D eigenvalue weighted by molar-refractivity contribution is -0.139. The zero-order valence-corrected chi connectivity index (χ0v) is 15.1. The van der Waals surface area contributed by atoms with E-state index in [1.165, 1.54) is 24.4 Å². The van der Waals surface area contributed by atoms with Crippen LogP contribution >= 0.6 is 23.4 Å². The first-order valence-electron chi connectivity index (χ1n) is 7.65. The fourth-order valence-electron chi connectivity index (χ4n) is 2.63. The van der Waals surface area contributed by atoms with Gasteiger partial charge >= 0.3 is 5.97 Å². The zero-order chi connectivity index (χ0) is 17.1. The highest BCUT2D eigenvalue weighted by Crippen LogP contribution is 2.33. The third kappa shape index (κ3) is 3.60. The van der Waals surface area contributed by atoms with E-state index in [9.17, 15) is 4.79 Å². The number of fused-ring (bicyclic) bond motifs is 1. The third-order valence-electron chi connectivity index (χ3n) is 3.86. The molecule has 5 heteroatoms. The highest BCUT2D eigenvalue weighted by molar-refractivity contribution is 8.00. The number of aromatic nitrogens is 1. The number of thioether (sulfide) groups is 1. The molecule has 2 aromatic carbocycles. The number of hydrogen-bond acceptors (Lipinski definition) is 3. The van der Waals surface area contributed by atoms with Gasteiger partial charge in [0.1, 0.15) is 5.25 Å². The monoisotopic (exact) mass is 359 g/mol. The maximum absolute atomic E-state index is 11.7. The Labute approximate surface area is 150 Å². The quantitative estimate of drug-likeness (QED) is 0.474. The summed E-state index contributed by atoms with van der Waals surface area (Å²) in [6.07, 6.45) is 2.10. The molecule has 3 nitrogen and oxygen atoms in total. The van der Waals surface area contributed by atoms with Crippen LogP contribution < -0.4 is 0 Å². The standard InChI is InChI=1S/C19H18ClNO2S/c1-13(19(22)23-2)24-18-12-21(17-6-4-3-5-16(17)18)11-14-7-9-15(20)10-8-14/h3-10,12-13H,11H2,1-2H3. The van der Waals surface area contributed by atoms with Crippen molar-refractivity contribution in [3.05, 3.63) is 65.3 Å². The number of carbonyl (C=O) groups is 1. The smallest absolute Gasteiger partial charge is 0.318 e. The van der Waals surface area contributed by atoms with E-state index in [0.29, 0.717) is 0 Å². The summed E-state index contributed by atoms with van der Waals surface area (Å²) < 4.78 is 7.03. The van der Waals surface area contributed by atoms with E-state index in [2.05, 4.69) is 22.9 Å². The molecular weight excluding hydrogens is 342 g/mol. The first-order chi connectivity index (χ1) is 11.6. The number of carbonyl (C=O) groups excluding carboxylic acids is 1. The Kier molecular flexibility index (Phi) is 5.17. The average molecular weight is 360 g/mol. The van der Waals surface area contributed by atoms with Crippen molar-refractivity contribution >= 4 is 40.2 Å². The van der Waals surface area contributed by atoms with E-state index in [-0.39, 0.29) is 11.2 Å². The Morgan fingerprint density at radius 2 is 1.92 bits per heavy atom. The fourth-order valence-corrected chi connectivity index (χ4v) is 3.82. The largest absolute Gasteiger partial charge is 0.468 e. The molecule has 3 rings (SSSR count). The van der Waals surface area contributed by atoms with Gasteiger partial charge in [0.15, 0.2) is 0 Å². The molecule has 0 aliphatic rings. The van der Waals surface area contributed by atoms with Crippen molar-refractivity contribution in [3.63, 3.8) is 0 Å². The minimum Gasteiger partial charge on any atom is -0.468 e. The molecule has 0 aliphatic carbocycles. The summed E-state index contributed by atoms with van der Waals surface area (Å²) in [7, 11) is 1.42. The molecule has 24 heavy (non-hydrogen) atoms. The van der Waals surface area contributed by atoms with Crippen molar-refractivity contribution in [2.45, 2.75) is 23.6 Å². The van der Waals surface area contributed by atoms with Gasteiger partial charge in [-0.05, 0) is 30.7 Å². The van der Waals surface area contributed by atoms with E-state index >= 15 is 0 Å². The summed E-state index contributed by atoms with van der Waals surface area (Å²) in [5, 5.41) is 1.64. The Balaban J connectivity index is 1.94. The topological polar surface area (TPSA) is 31.2 Å². The molecule has 1 unspecified atom stereocenters. The van der Waals surface area contributed by atoms with Gasteiger partial charge in [-0.25, -0.2) is 0 Å². The first kappa shape index (κ1) is 16.9. The van der Waals surface area contributed by atoms with E-state index in [1.54, 1.807) is 0 Å². The third-order valence-corrected chi connectivity index (χ3v) is 5.23. The van der Waals surface area contributed by atoms with Gasteiger partial charge in [0.2, 0.25) is 0 Å². The van der Waals surface area contributed by atoms with Gasteiger partial charge in [-0.15, -0.1) is 11.8 Å². The van der Waals surface area contributed by atoms with Crippen molar-refractivity contribution < 1.29 is 9.53 Å². The van der Waals surface area contributed by atoms with E-state index < -0.39 is 0 Å². The highest BCUT2D eigenvalue weighted by atomic mass is 35.5. The summed E-state index contributed by atoms with van der Waals surface area (Å²) in [5.41, 5.74) is 2.32. The summed E-state index contributed by atoms with van der Waals surface area (Å²) in [6, 6.07) is 16.1. The van der Waals surface area contributed by atoms with Crippen LogP contribution in [-0.4, -0.2) is 22.9 Å². The molecule has 124 valence electrons. The molecule has 0 saturated heterocycles. The second-order valence-electron chi connectivity index (χ2n) is 5.55. The van der Waals surface area contributed by atoms with Gasteiger partial charge in [0, 0.05) is 33.6 Å². The van der Waals surface area contributed by atoms with Crippen LogP contribution in [0.3, 0.4) is 0 Å². The lowest BCUT2D eigenvalue weighted by Gasteiger charge is -2.07. The van der Waals surface area contributed by atoms with Crippen LogP contribution in [0.2, 0.25) is 5.02 Å². The number of halogens is 1. The summed E-state index contributed by atoms with van der Waals surface area (Å²) in [4.78, 5) is 12.8. The molecule has 0 spiro atoms. The average Bonchev–Trinajstić information content (AvgIpc) is 2.94. The van der Waals surface area contributed by atoms with Gasteiger partial charge in [-0.2, -0.15) is 0 Å². The molecule has 0 amide bonds. The van der Waals surface area contributed by atoms with Crippen LogP contribution in [0, 0.1) is 0 Å². The normalized spacial score (nSPS) is 12.3. The minimum absolute atomic E-state index is 0.213. The predicted molar refractivity (Wildman–Crippen MR) is 99.8 cm³/mol. The summed E-state index contributed by atoms with van der Waals surface area (Å²) in [6.45, 7) is 2.62. The summed E-state index contributed by atoms with van der Waals surface area (Å²) in [5.74, 6) is -0.213.